The average molecular weight is 261 g/mol. The van der Waals surface area contributed by atoms with E-state index < -0.39 is 0 Å². The zero-order valence-corrected chi connectivity index (χ0v) is 12.1. The zero-order chi connectivity index (χ0) is 14.1. The molecular weight excluding hydrogens is 238 g/mol. The molecule has 1 atom stereocenters. The maximum atomic E-state index is 8.68. The highest BCUT2D eigenvalue weighted by atomic mass is 16.5. The Kier molecular flexibility index (Phi) is 6.99. The van der Waals surface area contributed by atoms with Crippen molar-refractivity contribution in [1.82, 2.24) is 0 Å². The minimum atomic E-state index is 0.315. The molecular formula is C16H23NO2. The van der Waals surface area contributed by atoms with E-state index in [4.69, 9.17) is 14.7 Å². The molecule has 1 rings (SSSR count). The fourth-order valence-electron chi connectivity index (χ4n) is 1.89. The van der Waals surface area contributed by atoms with Gasteiger partial charge in [-0.25, -0.2) is 0 Å². The zero-order valence-electron chi connectivity index (χ0n) is 12.1. The summed E-state index contributed by atoms with van der Waals surface area (Å²) in [6.45, 7) is 7.88. The summed E-state index contributed by atoms with van der Waals surface area (Å²) in [5.74, 6) is 1.47. The predicted molar refractivity (Wildman–Crippen MR) is 76.1 cm³/mol. The van der Waals surface area contributed by atoms with E-state index in [0.717, 1.165) is 25.2 Å². The summed E-state index contributed by atoms with van der Waals surface area (Å²) in [5, 5.41) is 8.68. The van der Waals surface area contributed by atoms with Gasteiger partial charge in [0.05, 0.1) is 31.0 Å². The summed E-state index contributed by atoms with van der Waals surface area (Å²) in [6.07, 6.45) is 2.29. The molecule has 0 radical (unpaired) electrons. The molecule has 3 heteroatoms. The van der Waals surface area contributed by atoms with Crippen LogP contribution in [0.3, 0.4) is 0 Å². The van der Waals surface area contributed by atoms with E-state index in [9.17, 15) is 0 Å². The lowest BCUT2D eigenvalue weighted by atomic mass is 10.1. The van der Waals surface area contributed by atoms with Gasteiger partial charge in [0.15, 0.2) is 0 Å². The summed E-state index contributed by atoms with van der Waals surface area (Å²) in [6, 6.07) is 9.24. The Morgan fingerprint density at radius 2 is 1.79 bits per heavy atom. The van der Waals surface area contributed by atoms with Crippen molar-refractivity contribution in [2.75, 3.05) is 13.2 Å². The fraction of sp³-hybridized carbons (Fsp3) is 0.562. The largest absolute Gasteiger partial charge is 0.494 e. The minimum absolute atomic E-state index is 0.315. The van der Waals surface area contributed by atoms with E-state index in [0.29, 0.717) is 24.2 Å². The molecule has 0 aromatic heterocycles. The van der Waals surface area contributed by atoms with E-state index in [-0.39, 0.29) is 0 Å². The Bertz CT molecular complexity index is 392. The van der Waals surface area contributed by atoms with Crippen LogP contribution in [0, 0.1) is 17.2 Å². The molecule has 0 aliphatic carbocycles. The number of rotatable bonds is 8. The summed E-state index contributed by atoms with van der Waals surface area (Å²) >= 11 is 0. The molecule has 0 spiro atoms. The van der Waals surface area contributed by atoms with Crippen LogP contribution in [0.2, 0.25) is 0 Å². The van der Waals surface area contributed by atoms with Gasteiger partial charge in [-0.05, 0) is 43.5 Å². The quantitative estimate of drug-likeness (QED) is 0.669. The Balaban J connectivity index is 2.12. The molecule has 0 saturated heterocycles. The van der Waals surface area contributed by atoms with E-state index in [1.807, 2.05) is 12.1 Å². The van der Waals surface area contributed by atoms with Crippen molar-refractivity contribution < 1.29 is 9.47 Å². The van der Waals surface area contributed by atoms with Crippen molar-refractivity contribution in [1.29, 1.82) is 5.26 Å². The summed E-state index contributed by atoms with van der Waals surface area (Å²) < 4.78 is 11.3. The molecule has 0 aliphatic rings. The van der Waals surface area contributed by atoms with Crippen molar-refractivity contribution in [3.8, 4) is 11.8 Å². The Morgan fingerprint density at radius 1 is 1.11 bits per heavy atom. The first-order chi connectivity index (χ1) is 9.11. The van der Waals surface area contributed by atoms with E-state index in [2.05, 4.69) is 26.8 Å². The second kappa shape index (κ2) is 8.55. The van der Waals surface area contributed by atoms with Crippen molar-refractivity contribution in [3.63, 3.8) is 0 Å². The van der Waals surface area contributed by atoms with Gasteiger partial charge in [0, 0.05) is 6.42 Å². The summed E-state index contributed by atoms with van der Waals surface area (Å²) in [5.41, 5.74) is 0.651. The van der Waals surface area contributed by atoms with Gasteiger partial charge in [-0.15, -0.1) is 0 Å². The SMILES string of the molecule is CC(C)CC(C)OCCCOc1ccc(C#N)cc1. The topological polar surface area (TPSA) is 42.2 Å². The second-order valence-corrected chi connectivity index (χ2v) is 5.15. The second-order valence-electron chi connectivity index (χ2n) is 5.15. The molecule has 0 N–H and O–H groups in total. The normalized spacial score (nSPS) is 12.2. The van der Waals surface area contributed by atoms with Gasteiger partial charge in [0.2, 0.25) is 0 Å². The Hall–Kier alpha value is -1.53. The third kappa shape index (κ3) is 6.83. The van der Waals surface area contributed by atoms with Crippen molar-refractivity contribution in [3.05, 3.63) is 29.8 Å². The molecule has 0 amide bonds. The molecule has 104 valence electrons. The molecule has 1 unspecified atom stereocenters. The van der Waals surface area contributed by atoms with Gasteiger partial charge in [-0.2, -0.15) is 5.26 Å². The number of hydrogen-bond donors (Lipinski definition) is 0. The van der Waals surface area contributed by atoms with Crippen LogP contribution in [0.15, 0.2) is 24.3 Å². The molecule has 0 fully saturated rings. The van der Waals surface area contributed by atoms with Crippen LogP contribution >= 0.6 is 0 Å². The maximum absolute atomic E-state index is 8.68. The van der Waals surface area contributed by atoms with Gasteiger partial charge >= 0.3 is 0 Å². The smallest absolute Gasteiger partial charge is 0.119 e. The number of hydrogen-bond acceptors (Lipinski definition) is 3. The van der Waals surface area contributed by atoms with Crippen LogP contribution in [0.25, 0.3) is 0 Å². The van der Waals surface area contributed by atoms with Crippen molar-refractivity contribution in [2.45, 2.75) is 39.7 Å². The standard InChI is InChI=1S/C16H23NO2/c1-13(2)11-14(3)18-9-4-10-19-16-7-5-15(12-17)6-8-16/h5-8,13-14H,4,9-11H2,1-3H3. The lowest BCUT2D eigenvalue weighted by Crippen LogP contribution is -2.13. The van der Waals surface area contributed by atoms with Crippen LogP contribution in [0.1, 0.15) is 39.2 Å². The highest BCUT2D eigenvalue weighted by Gasteiger charge is 2.04. The number of benzene rings is 1. The van der Waals surface area contributed by atoms with Gasteiger partial charge in [0.25, 0.3) is 0 Å². The maximum Gasteiger partial charge on any atom is 0.119 e. The highest BCUT2D eigenvalue weighted by molar-refractivity contribution is 5.34. The molecule has 19 heavy (non-hydrogen) atoms. The van der Waals surface area contributed by atoms with Crippen LogP contribution in [-0.2, 0) is 4.74 Å². The van der Waals surface area contributed by atoms with Gasteiger partial charge in [0.1, 0.15) is 5.75 Å². The van der Waals surface area contributed by atoms with E-state index in [1.165, 1.54) is 0 Å². The first kappa shape index (κ1) is 15.5. The van der Waals surface area contributed by atoms with Crippen LogP contribution in [-0.4, -0.2) is 19.3 Å². The van der Waals surface area contributed by atoms with Crippen molar-refractivity contribution >= 4 is 0 Å². The van der Waals surface area contributed by atoms with Gasteiger partial charge in [-0.1, -0.05) is 13.8 Å². The first-order valence-electron chi connectivity index (χ1n) is 6.86. The summed E-state index contributed by atoms with van der Waals surface area (Å²) in [4.78, 5) is 0. The van der Waals surface area contributed by atoms with Gasteiger partial charge < -0.3 is 9.47 Å². The molecule has 0 saturated carbocycles. The molecule has 1 aromatic rings. The third-order valence-corrected chi connectivity index (χ3v) is 2.75. The van der Waals surface area contributed by atoms with E-state index in [1.54, 1.807) is 12.1 Å². The number of nitrogens with zero attached hydrogens (tertiary/aromatic N) is 1. The molecule has 3 nitrogen and oxygen atoms in total. The monoisotopic (exact) mass is 261 g/mol. The van der Waals surface area contributed by atoms with E-state index >= 15 is 0 Å². The minimum Gasteiger partial charge on any atom is -0.494 e. The Labute approximate surface area is 116 Å². The highest BCUT2D eigenvalue weighted by Crippen LogP contribution is 2.12. The third-order valence-electron chi connectivity index (χ3n) is 2.75. The molecule has 0 bridgehead atoms. The van der Waals surface area contributed by atoms with Crippen molar-refractivity contribution in [2.24, 2.45) is 5.92 Å². The van der Waals surface area contributed by atoms with Gasteiger partial charge in [-0.3, -0.25) is 0 Å². The number of ether oxygens (including phenoxy) is 2. The molecule has 1 aromatic carbocycles. The average Bonchev–Trinajstić information content (AvgIpc) is 2.38. The predicted octanol–water partition coefficient (Wildman–Crippen LogP) is 3.78. The van der Waals surface area contributed by atoms with Crippen LogP contribution in [0.5, 0.6) is 5.75 Å². The lowest BCUT2D eigenvalue weighted by molar-refractivity contribution is 0.0447. The first-order valence-corrected chi connectivity index (χ1v) is 6.86. The molecule has 0 aliphatic heterocycles. The fourth-order valence-corrected chi connectivity index (χ4v) is 1.89. The Morgan fingerprint density at radius 3 is 2.37 bits per heavy atom. The molecule has 0 heterocycles. The van der Waals surface area contributed by atoms with Crippen LogP contribution in [0.4, 0.5) is 0 Å². The summed E-state index contributed by atoms with van der Waals surface area (Å²) in [7, 11) is 0. The van der Waals surface area contributed by atoms with Crippen LogP contribution < -0.4 is 4.74 Å². The number of nitriles is 1. The lowest BCUT2D eigenvalue weighted by Gasteiger charge is -2.15.